The van der Waals surface area contributed by atoms with E-state index in [0.717, 1.165) is 32.0 Å². The summed E-state index contributed by atoms with van der Waals surface area (Å²) in [7, 11) is 1.56. The standard InChI is InChI=1S/C27H31FN4O5/c1-16(2)31-26(33)27(34)32-18-4-5-23(20(28)12-18)37-22-8-11-30-21-14-25(24(35-3)13-19(21)22)36-15-17-6-9-29-10-7-17/h4-5,8,11-14,16-17,29H,6-7,9-10,15H2,1-3H3,(H,31,33)(H,32,34). The number of fused-ring (bicyclic) bond motifs is 1. The van der Waals surface area contributed by atoms with Crippen LogP contribution in [0.1, 0.15) is 26.7 Å². The van der Waals surface area contributed by atoms with E-state index in [4.69, 9.17) is 14.2 Å². The second kappa shape index (κ2) is 11.9. The molecule has 2 amide bonds. The predicted molar refractivity (Wildman–Crippen MR) is 138 cm³/mol. The van der Waals surface area contributed by atoms with Crippen molar-refractivity contribution >= 4 is 28.4 Å². The molecule has 0 unspecified atom stereocenters. The third-order valence-electron chi connectivity index (χ3n) is 5.96. The lowest BCUT2D eigenvalue weighted by atomic mass is 9.99. The van der Waals surface area contributed by atoms with E-state index in [-0.39, 0.29) is 17.5 Å². The maximum atomic E-state index is 14.8. The Morgan fingerprint density at radius 2 is 1.84 bits per heavy atom. The van der Waals surface area contributed by atoms with Gasteiger partial charge in [-0.05, 0) is 70.0 Å². The number of carbonyl (C=O) groups is 2. The van der Waals surface area contributed by atoms with Gasteiger partial charge in [-0.15, -0.1) is 0 Å². The van der Waals surface area contributed by atoms with Crippen molar-refractivity contribution in [2.24, 2.45) is 5.92 Å². The molecule has 0 spiro atoms. The quantitative estimate of drug-likeness (QED) is 0.393. The fourth-order valence-corrected chi connectivity index (χ4v) is 4.04. The van der Waals surface area contributed by atoms with Gasteiger partial charge in [0.2, 0.25) is 0 Å². The van der Waals surface area contributed by atoms with Crippen LogP contribution in [0.3, 0.4) is 0 Å². The maximum absolute atomic E-state index is 14.8. The molecule has 0 radical (unpaired) electrons. The number of anilines is 1. The van der Waals surface area contributed by atoms with Crippen molar-refractivity contribution in [1.29, 1.82) is 0 Å². The van der Waals surface area contributed by atoms with Crippen LogP contribution in [-0.2, 0) is 9.59 Å². The second-order valence-electron chi connectivity index (χ2n) is 9.16. The SMILES string of the molecule is COc1cc2c(Oc3ccc(NC(=O)C(=O)NC(C)C)cc3F)ccnc2cc1OCC1CCNCC1. The van der Waals surface area contributed by atoms with Gasteiger partial charge in [-0.3, -0.25) is 14.6 Å². The number of nitrogens with zero attached hydrogens (tertiary/aromatic N) is 1. The number of amides is 2. The molecule has 1 aliphatic rings. The van der Waals surface area contributed by atoms with Crippen molar-refractivity contribution < 1.29 is 28.2 Å². The summed E-state index contributed by atoms with van der Waals surface area (Å²) in [5.41, 5.74) is 0.740. The van der Waals surface area contributed by atoms with Gasteiger partial charge in [0, 0.05) is 35.4 Å². The highest BCUT2D eigenvalue weighted by atomic mass is 19.1. The third-order valence-corrected chi connectivity index (χ3v) is 5.96. The number of aromatic nitrogens is 1. The van der Waals surface area contributed by atoms with Crippen molar-refractivity contribution in [3.63, 3.8) is 0 Å². The third kappa shape index (κ3) is 6.65. The Morgan fingerprint density at radius 1 is 1.05 bits per heavy atom. The van der Waals surface area contributed by atoms with E-state index in [2.05, 4.69) is 20.9 Å². The van der Waals surface area contributed by atoms with Gasteiger partial charge < -0.3 is 30.2 Å². The number of carbonyl (C=O) groups excluding carboxylic acids is 2. The van der Waals surface area contributed by atoms with E-state index in [1.54, 1.807) is 45.4 Å². The van der Waals surface area contributed by atoms with Gasteiger partial charge in [0.15, 0.2) is 23.1 Å². The smallest absolute Gasteiger partial charge is 0.313 e. The molecular weight excluding hydrogens is 479 g/mol. The van der Waals surface area contributed by atoms with Crippen LogP contribution < -0.4 is 30.2 Å². The number of halogens is 1. The lowest BCUT2D eigenvalue weighted by Gasteiger charge is -2.23. The molecule has 10 heteroatoms. The summed E-state index contributed by atoms with van der Waals surface area (Å²) in [6, 6.07) is 8.90. The largest absolute Gasteiger partial charge is 0.493 e. The number of piperidine rings is 1. The van der Waals surface area contributed by atoms with Crippen LogP contribution in [0.5, 0.6) is 23.0 Å². The number of nitrogens with one attached hydrogen (secondary N) is 3. The molecule has 1 aliphatic heterocycles. The summed E-state index contributed by atoms with van der Waals surface area (Å²) >= 11 is 0. The van der Waals surface area contributed by atoms with Crippen LogP contribution in [0.2, 0.25) is 0 Å². The monoisotopic (exact) mass is 510 g/mol. The number of rotatable bonds is 8. The lowest BCUT2D eigenvalue weighted by Crippen LogP contribution is -2.39. The van der Waals surface area contributed by atoms with Gasteiger partial charge in [0.25, 0.3) is 0 Å². The first-order valence-electron chi connectivity index (χ1n) is 12.2. The first-order chi connectivity index (χ1) is 17.8. The Morgan fingerprint density at radius 3 is 2.54 bits per heavy atom. The summed E-state index contributed by atoms with van der Waals surface area (Å²) in [6.07, 6.45) is 3.69. The molecule has 3 aromatic rings. The maximum Gasteiger partial charge on any atom is 0.313 e. The Kier molecular flexibility index (Phi) is 8.39. The molecule has 0 saturated carbocycles. The van der Waals surface area contributed by atoms with Crippen LogP contribution in [0.25, 0.3) is 10.9 Å². The van der Waals surface area contributed by atoms with Crippen LogP contribution in [0.4, 0.5) is 10.1 Å². The minimum Gasteiger partial charge on any atom is -0.493 e. The minimum absolute atomic E-state index is 0.0534. The van der Waals surface area contributed by atoms with Crippen molar-refractivity contribution in [2.75, 3.05) is 32.1 Å². The topological polar surface area (TPSA) is 111 Å². The van der Waals surface area contributed by atoms with Gasteiger partial charge in [0.05, 0.1) is 19.2 Å². The van der Waals surface area contributed by atoms with E-state index in [9.17, 15) is 14.0 Å². The molecular formula is C27H31FN4O5. The molecule has 3 N–H and O–H groups in total. The van der Waals surface area contributed by atoms with E-state index in [0.29, 0.717) is 40.7 Å². The summed E-state index contributed by atoms with van der Waals surface area (Å²) in [5.74, 6) is -0.476. The van der Waals surface area contributed by atoms with Gasteiger partial charge in [-0.2, -0.15) is 0 Å². The van der Waals surface area contributed by atoms with Gasteiger partial charge in [-0.1, -0.05) is 0 Å². The molecule has 1 aromatic heterocycles. The summed E-state index contributed by atoms with van der Waals surface area (Å²) in [5, 5.41) is 8.82. The fraction of sp³-hybridized carbons (Fsp3) is 0.370. The Hall–Kier alpha value is -3.92. The first-order valence-corrected chi connectivity index (χ1v) is 12.2. The highest BCUT2D eigenvalue weighted by molar-refractivity contribution is 6.39. The number of pyridine rings is 1. The second-order valence-corrected chi connectivity index (χ2v) is 9.16. The van der Waals surface area contributed by atoms with Crippen molar-refractivity contribution in [3.8, 4) is 23.0 Å². The molecule has 1 fully saturated rings. The molecule has 0 aliphatic carbocycles. The first kappa shape index (κ1) is 26.2. The zero-order valence-corrected chi connectivity index (χ0v) is 21.1. The number of methoxy groups -OCH3 is 1. The van der Waals surface area contributed by atoms with Crippen LogP contribution in [-0.4, -0.2) is 49.6 Å². The number of ether oxygens (including phenoxy) is 3. The highest BCUT2D eigenvalue weighted by Crippen LogP contribution is 2.38. The zero-order chi connectivity index (χ0) is 26.4. The molecule has 1 saturated heterocycles. The molecule has 196 valence electrons. The highest BCUT2D eigenvalue weighted by Gasteiger charge is 2.18. The minimum atomic E-state index is -0.882. The van der Waals surface area contributed by atoms with E-state index in [1.165, 1.54) is 12.1 Å². The molecule has 37 heavy (non-hydrogen) atoms. The van der Waals surface area contributed by atoms with Crippen LogP contribution >= 0.6 is 0 Å². The molecule has 9 nitrogen and oxygen atoms in total. The molecule has 0 bridgehead atoms. The number of hydrogen-bond donors (Lipinski definition) is 3. The molecule has 4 rings (SSSR count). The molecule has 2 aromatic carbocycles. The van der Waals surface area contributed by atoms with Gasteiger partial charge in [0.1, 0.15) is 5.75 Å². The average Bonchev–Trinajstić information content (AvgIpc) is 2.88. The Bertz CT molecular complexity index is 1280. The van der Waals surface area contributed by atoms with Crippen molar-refractivity contribution in [1.82, 2.24) is 15.6 Å². The molecule has 0 atom stereocenters. The normalized spacial score (nSPS) is 13.9. The van der Waals surface area contributed by atoms with Gasteiger partial charge >= 0.3 is 11.8 Å². The predicted octanol–water partition coefficient (Wildman–Crippen LogP) is 4.02. The summed E-state index contributed by atoms with van der Waals surface area (Å²) in [4.78, 5) is 28.2. The Balaban J connectivity index is 1.51. The van der Waals surface area contributed by atoms with Gasteiger partial charge in [-0.25, -0.2) is 4.39 Å². The van der Waals surface area contributed by atoms with E-state index < -0.39 is 17.6 Å². The van der Waals surface area contributed by atoms with E-state index >= 15 is 0 Å². The zero-order valence-electron chi connectivity index (χ0n) is 21.1. The van der Waals surface area contributed by atoms with Crippen molar-refractivity contribution in [3.05, 3.63) is 48.4 Å². The van der Waals surface area contributed by atoms with Crippen molar-refractivity contribution in [2.45, 2.75) is 32.7 Å². The van der Waals surface area contributed by atoms with E-state index in [1.807, 2.05) is 0 Å². The summed E-state index contributed by atoms with van der Waals surface area (Å²) < 4.78 is 32.3. The lowest BCUT2D eigenvalue weighted by molar-refractivity contribution is -0.136. The Labute approximate surface area is 214 Å². The number of benzene rings is 2. The average molecular weight is 511 g/mol. The summed E-state index contributed by atoms with van der Waals surface area (Å²) in [6.45, 7) is 6.04. The number of hydrogen-bond acceptors (Lipinski definition) is 7. The fourth-order valence-electron chi connectivity index (χ4n) is 4.04. The van der Waals surface area contributed by atoms with Crippen LogP contribution in [0.15, 0.2) is 42.6 Å². The van der Waals surface area contributed by atoms with Crippen LogP contribution in [0, 0.1) is 11.7 Å². The molecule has 2 heterocycles.